The Morgan fingerprint density at radius 2 is 1.95 bits per heavy atom. The highest BCUT2D eigenvalue weighted by Crippen LogP contribution is 2.33. The molecule has 22 heavy (non-hydrogen) atoms. The molecule has 1 aromatic carbocycles. The van der Waals surface area contributed by atoms with Crippen LogP contribution in [0.25, 0.3) is 11.1 Å². The lowest BCUT2D eigenvalue weighted by Gasteiger charge is -2.35. The molecule has 1 heterocycles. The third-order valence-corrected chi connectivity index (χ3v) is 4.83. The molecule has 2 aromatic rings. The third kappa shape index (κ3) is 3.12. The molecule has 1 aromatic heterocycles. The Morgan fingerprint density at radius 1 is 1.14 bits per heavy atom. The van der Waals surface area contributed by atoms with Crippen LogP contribution in [0, 0.1) is 0 Å². The second-order valence-corrected chi connectivity index (χ2v) is 6.39. The second-order valence-electron chi connectivity index (χ2n) is 6.39. The zero-order chi connectivity index (χ0) is 15.4. The standard InChI is InChI=1S/C20H27NO/c1-3-11-21(12-4-2)18-9-8-16-6-5-7-19(20(16)14-18)17-10-13-22-15-17/h5-7,10,13,15,18H,3-4,8-9,11-12,14H2,1-2H3/t18-/m0/s1. The molecule has 0 amide bonds. The molecule has 0 spiro atoms. The summed E-state index contributed by atoms with van der Waals surface area (Å²) in [6, 6.07) is 9.52. The fraction of sp³-hybridized carbons (Fsp3) is 0.500. The Hall–Kier alpha value is -1.54. The molecule has 118 valence electrons. The topological polar surface area (TPSA) is 16.4 Å². The van der Waals surface area contributed by atoms with Crippen molar-refractivity contribution in [1.82, 2.24) is 4.90 Å². The van der Waals surface area contributed by atoms with E-state index < -0.39 is 0 Å². The van der Waals surface area contributed by atoms with E-state index in [0.717, 1.165) is 0 Å². The molecular weight excluding hydrogens is 270 g/mol. The molecule has 0 bridgehead atoms. The first-order valence-electron chi connectivity index (χ1n) is 8.70. The summed E-state index contributed by atoms with van der Waals surface area (Å²) in [5.74, 6) is 0. The van der Waals surface area contributed by atoms with Crippen LogP contribution in [0.3, 0.4) is 0 Å². The summed E-state index contributed by atoms with van der Waals surface area (Å²) in [5.41, 5.74) is 5.65. The molecule has 0 N–H and O–H groups in total. The number of nitrogens with zero attached hydrogens (tertiary/aromatic N) is 1. The fourth-order valence-corrected chi connectivity index (χ4v) is 3.82. The average Bonchev–Trinajstić information content (AvgIpc) is 3.08. The Balaban J connectivity index is 1.88. The first-order chi connectivity index (χ1) is 10.8. The van der Waals surface area contributed by atoms with Crippen molar-refractivity contribution in [2.24, 2.45) is 0 Å². The summed E-state index contributed by atoms with van der Waals surface area (Å²) in [6.07, 6.45) is 9.80. The van der Waals surface area contributed by atoms with E-state index in [4.69, 9.17) is 4.42 Å². The van der Waals surface area contributed by atoms with Gasteiger partial charge in [0.2, 0.25) is 0 Å². The van der Waals surface area contributed by atoms with Crippen LogP contribution >= 0.6 is 0 Å². The van der Waals surface area contributed by atoms with Crippen LogP contribution in [0.5, 0.6) is 0 Å². The fourth-order valence-electron chi connectivity index (χ4n) is 3.82. The van der Waals surface area contributed by atoms with Crippen LogP contribution in [-0.2, 0) is 12.8 Å². The number of aryl methyl sites for hydroxylation is 1. The smallest absolute Gasteiger partial charge is 0.0981 e. The summed E-state index contributed by atoms with van der Waals surface area (Å²) < 4.78 is 5.30. The average molecular weight is 297 g/mol. The molecule has 0 saturated heterocycles. The quantitative estimate of drug-likeness (QED) is 0.752. The maximum atomic E-state index is 5.30. The summed E-state index contributed by atoms with van der Waals surface area (Å²) in [6.45, 7) is 7.02. The first kappa shape index (κ1) is 15.4. The molecule has 0 radical (unpaired) electrons. The highest BCUT2D eigenvalue weighted by molar-refractivity contribution is 5.68. The molecular formula is C20H27NO. The number of benzene rings is 1. The summed E-state index contributed by atoms with van der Waals surface area (Å²) >= 11 is 0. The van der Waals surface area contributed by atoms with Gasteiger partial charge >= 0.3 is 0 Å². The van der Waals surface area contributed by atoms with Gasteiger partial charge in [-0.05, 0) is 68.0 Å². The van der Waals surface area contributed by atoms with Crippen molar-refractivity contribution in [2.45, 2.75) is 52.0 Å². The van der Waals surface area contributed by atoms with Gasteiger partial charge in [-0.2, -0.15) is 0 Å². The SMILES string of the molecule is CCCN(CCC)[C@H]1CCc2cccc(-c3ccoc3)c2C1. The van der Waals surface area contributed by atoms with Crippen molar-refractivity contribution in [2.75, 3.05) is 13.1 Å². The maximum absolute atomic E-state index is 5.30. The van der Waals surface area contributed by atoms with Crippen LogP contribution in [-0.4, -0.2) is 24.0 Å². The molecule has 3 rings (SSSR count). The minimum Gasteiger partial charge on any atom is -0.472 e. The van der Waals surface area contributed by atoms with Crippen LogP contribution < -0.4 is 0 Å². The zero-order valence-electron chi connectivity index (χ0n) is 13.8. The molecule has 2 nitrogen and oxygen atoms in total. The van der Waals surface area contributed by atoms with E-state index in [2.05, 4.69) is 43.0 Å². The molecule has 0 aliphatic heterocycles. The monoisotopic (exact) mass is 297 g/mol. The van der Waals surface area contributed by atoms with Crippen molar-refractivity contribution in [3.05, 3.63) is 47.9 Å². The Morgan fingerprint density at radius 3 is 2.64 bits per heavy atom. The van der Waals surface area contributed by atoms with E-state index in [1.807, 2.05) is 6.26 Å². The van der Waals surface area contributed by atoms with Crippen molar-refractivity contribution in [3.63, 3.8) is 0 Å². The van der Waals surface area contributed by atoms with Crippen molar-refractivity contribution < 1.29 is 4.42 Å². The van der Waals surface area contributed by atoms with Gasteiger partial charge in [-0.3, -0.25) is 0 Å². The molecule has 1 aliphatic carbocycles. The molecule has 1 aliphatic rings. The maximum Gasteiger partial charge on any atom is 0.0981 e. The number of fused-ring (bicyclic) bond motifs is 1. The van der Waals surface area contributed by atoms with E-state index in [-0.39, 0.29) is 0 Å². The normalized spacial score (nSPS) is 17.7. The number of hydrogen-bond acceptors (Lipinski definition) is 2. The molecule has 0 unspecified atom stereocenters. The Labute approximate surface area is 134 Å². The van der Waals surface area contributed by atoms with Crippen LogP contribution in [0.15, 0.2) is 41.2 Å². The minimum absolute atomic E-state index is 0.695. The zero-order valence-corrected chi connectivity index (χ0v) is 13.8. The number of rotatable bonds is 6. The van der Waals surface area contributed by atoms with E-state index in [0.29, 0.717) is 6.04 Å². The van der Waals surface area contributed by atoms with E-state index in [9.17, 15) is 0 Å². The lowest BCUT2D eigenvalue weighted by Crippen LogP contribution is -2.40. The highest BCUT2D eigenvalue weighted by atomic mass is 16.3. The van der Waals surface area contributed by atoms with Crippen molar-refractivity contribution in [1.29, 1.82) is 0 Å². The largest absolute Gasteiger partial charge is 0.472 e. The molecule has 1 atom stereocenters. The number of hydrogen-bond donors (Lipinski definition) is 0. The minimum atomic E-state index is 0.695. The van der Waals surface area contributed by atoms with E-state index in [1.54, 1.807) is 6.26 Å². The van der Waals surface area contributed by atoms with Crippen molar-refractivity contribution >= 4 is 0 Å². The van der Waals surface area contributed by atoms with Gasteiger partial charge in [0, 0.05) is 11.6 Å². The predicted octanol–water partition coefficient (Wildman–Crippen LogP) is 4.93. The van der Waals surface area contributed by atoms with Crippen LogP contribution in [0.2, 0.25) is 0 Å². The van der Waals surface area contributed by atoms with Gasteiger partial charge in [0.05, 0.1) is 12.5 Å². The molecule has 2 heteroatoms. The van der Waals surface area contributed by atoms with Gasteiger partial charge in [-0.15, -0.1) is 0 Å². The highest BCUT2D eigenvalue weighted by Gasteiger charge is 2.25. The van der Waals surface area contributed by atoms with Gasteiger partial charge in [-0.1, -0.05) is 32.0 Å². The van der Waals surface area contributed by atoms with E-state index in [1.165, 1.54) is 67.4 Å². The number of furan rings is 1. The predicted molar refractivity (Wildman–Crippen MR) is 92.1 cm³/mol. The first-order valence-corrected chi connectivity index (χ1v) is 8.70. The summed E-state index contributed by atoms with van der Waals surface area (Å²) in [7, 11) is 0. The second kappa shape index (κ2) is 7.15. The van der Waals surface area contributed by atoms with Crippen LogP contribution in [0.4, 0.5) is 0 Å². The lowest BCUT2D eigenvalue weighted by molar-refractivity contribution is 0.180. The van der Waals surface area contributed by atoms with Gasteiger partial charge in [-0.25, -0.2) is 0 Å². The van der Waals surface area contributed by atoms with Gasteiger partial charge < -0.3 is 9.32 Å². The molecule has 0 saturated carbocycles. The van der Waals surface area contributed by atoms with Gasteiger partial charge in [0.1, 0.15) is 0 Å². The van der Waals surface area contributed by atoms with Crippen LogP contribution in [0.1, 0.15) is 44.2 Å². The Bertz CT molecular complexity index is 582. The van der Waals surface area contributed by atoms with E-state index >= 15 is 0 Å². The van der Waals surface area contributed by atoms with Crippen molar-refractivity contribution in [3.8, 4) is 11.1 Å². The van der Waals surface area contributed by atoms with Gasteiger partial charge in [0.25, 0.3) is 0 Å². The summed E-state index contributed by atoms with van der Waals surface area (Å²) in [5, 5.41) is 0. The molecule has 0 fully saturated rings. The third-order valence-electron chi connectivity index (χ3n) is 4.83. The Kier molecular flexibility index (Phi) is 4.99. The van der Waals surface area contributed by atoms with Gasteiger partial charge in [0.15, 0.2) is 0 Å². The lowest BCUT2D eigenvalue weighted by atomic mass is 9.83. The summed E-state index contributed by atoms with van der Waals surface area (Å²) in [4.78, 5) is 2.70.